The summed E-state index contributed by atoms with van der Waals surface area (Å²) < 4.78 is 0. The summed E-state index contributed by atoms with van der Waals surface area (Å²) in [7, 11) is 0. The van der Waals surface area contributed by atoms with Crippen LogP contribution in [-0.4, -0.2) is 25.4 Å². The predicted molar refractivity (Wildman–Crippen MR) is 142 cm³/mol. The molecule has 8 heteroatoms. The van der Waals surface area contributed by atoms with Crippen molar-refractivity contribution in [3.63, 3.8) is 0 Å². The summed E-state index contributed by atoms with van der Waals surface area (Å²) in [6.45, 7) is 0. The number of benzene rings is 4. The molecule has 0 bridgehead atoms. The summed E-state index contributed by atoms with van der Waals surface area (Å²) >= 11 is 0. The minimum Gasteiger partial charge on any atom is -0.378 e. The van der Waals surface area contributed by atoms with Gasteiger partial charge in [0.05, 0.1) is 28.5 Å². The summed E-state index contributed by atoms with van der Waals surface area (Å²) in [4.78, 5) is 8.63. The molecule has 0 amide bonds. The highest BCUT2D eigenvalue weighted by atomic mass is 15.3. The topological polar surface area (TPSA) is 106 Å². The van der Waals surface area contributed by atoms with Gasteiger partial charge < -0.3 is 20.9 Å². The number of hydrogen-bond acceptors (Lipinski definition) is 6. The van der Waals surface area contributed by atoms with Crippen LogP contribution in [0.5, 0.6) is 0 Å². The maximum absolute atomic E-state index is 5.04. The molecule has 2 aliphatic rings. The molecule has 2 aromatic heterocycles. The Hall–Kier alpha value is -4.85. The first-order valence-electron chi connectivity index (χ1n) is 12.1. The van der Waals surface area contributed by atoms with Crippen molar-refractivity contribution < 1.29 is 0 Å². The van der Waals surface area contributed by atoms with E-state index in [2.05, 4.69) is 84.9 Å². The van der Waals surface area contributed by atoms with E-state index in [1.807, 2.05) is 30.3 Å². The van der Waals surface area contributed by atoms with Crippen molar-refractivity contribution in [3.05, 3.63) is 95.6 Å². The van der Waals surface area contributed by atoms with E-state index in [0.29, 0.717) is 0 Å². The summed E-state index contributed by atoms with van der Waals surface area (Å²) in [6, 6.07) is 27.1. The van der Waals surface area contributed by atoms with Gasteiger partial charge in [0, 0.05) is 16.8 Å². The fraction of sp³-hybridized carbons (Fsp3) is 0.107. The lowest BCUT2D eigenvalue weighted by Gasteiger charge is -2.23. The normalized spacial score (nSPS) is 16.5. The van der Waals surface area contributed by atoms with E-state index >= 15 is 0 Å². The molecular formula is C28H22N8. The number of nitrogens with zero attached hydrogens (tertiary/aromatic N) is 3. The van der Waals surface area contributed by atoms with Gasteiger partial charge in [-0.25, -0.2) is 4.98 Å². The van der Waals surface area contributed by atoms with Crippen molar-refractivity contribution in [1.82, 2.24) is 25.4 Å². The van der Waals surface area contributed by atoms with Crippen LogP contribution in [0.4, 0.5) is 17.1 Å². The molecular weight excluding hydrogens is 448 g/mol. The Morgan fingerprint density at radius 3 is 2.28 bits per heavy atom. The van der Waals surface area contributed by atoms with Crippen LogP contribution >= 0.6 is 0 Å². The maximum Gasteiger partial charge on any atom is 0.139 e. The summed E-state index contributed by atoms with van der Waals surface area (Å²) in [6.07, 6.45) is 0.694. The molecule has 5 N–H and O–H groups in total. The number of para-hydroxylation sites is 5. The minimum atomic E-state index is -0.193. The van der Waals surface area contributed by atoms with Crippen molar-refractivity contribution >= 4 is 39.1 Å². The Labute approximate surface area is 206 Å². The predicted octanol–water partition coefficient (Wildman–Crippen LogP) is 5.75. The van der Waals surface area contributed by atoms with Gasteiger partial charge in [-0.05, 0) is 53.9 Å². The van der Waals surface area contributed by atoms with Gasteiger partial charge in [0.2, 0.25) is 0 Å². The molecule has 4 heterocycles. The van der Waals surface area contributed by atoms with E-state index in [4.69, 9.17) is 4.98 Å². The van der Waals surface area contributed by atoms with Crippen LogP contribution in [0.1, 0.15) is 28.9 Å². The molecule has 0 saturated heterocycles. The van der Waals surface area contributed by atoms with Crippen LogP contribution in [0, 0.1) is 0 Å². The second-order valence-electron chi connectivity index (χ2n) is 9.37. The number of rotatable bonds is 3. The summed E-state index contributed by atoms with van der Waals surface area (Å²) in [5, 5.41) is 23.0. The SMILES string of the molecule is c1ccc2c(c1)CC(c1cc3n[nH]nc3c(C3Nc4ccccc4N3)c1-c1nc3ccccc3[nH]1)N2. The molecule has 174 valence electrons. The zero-order valence-corrected chi connectivity index (χ0v) is 19.2. The van der Waals surface area contributed by atoms with Gasteiger partial charge in [-0.3, -0.25) is 0 Å². The van der Waals surface area contributed by atoms with Crippen LogP contribution in [-0.2, 0) is 6.42 Å². The molecule has 36 heavy (non-hydrogen) atoms. The van der Waals surface area contributed by atoms with E-state index in [9.17, 15) is 0 Å². The fourth-order valence-corrected chi connectivity index (χ4v) is 5.63. The highest BCUT2D eigenvalue weighted by molar-refractivity contribution is 5.92. The Morgan fingerprint density at radius 1 is 0.722 bits per heavy atom. The van der Waals surface area contributed by atoms with Crippen molar-refractivity contribution in [2.45, 2.75) is 18.6 Å². The van der Waals surface area contributed by atoms with Gasteiger partial charge in [0.1, 0.15) is 23.0 Å². The molecule has 2 aliphatic heterocycles. The van der Waals surface area contributed by atoms with Crippen molar-refractivity contribution in [2.24, 2.45) is 0 Å². The monoisotopic (exact) mass is 470 g/mol. The summed E-state index contributed by atoms with van der Waals surface area (Å²) in [5.74, 6) is 0.823. The minimum absolute atomic E-state index is 0.0780. The van der Waals surface area contributed by atoms with Gasteiger partial charge in [-0.15, -0.1) is 0 Å². The van der Waals surface area contributed by atoms with Crippen LogP contribution in [0.15, 0.2) is 78.9 Å². The molecule has 8 rings (SSSR count). The van der Waals surface area contributed by atoms with Crippen LogP contribution in [0.25, 0.3) is 33.5 Å². The molecule has 8 nitrogen and oxygen atoms in total. The van der Waals surface area contributed by atoms with Gasteiger partial charge in [0.15, 0.2) is 0 Å². The van der Waals surface area contributed by atoms with E-state index in [0.717, 1.165) is 62.4 Å². The largest absolute Gasteiger partial charge is 0.378 e. The first kappa shape index (κ1) is 19.5. The third kappa shape index (κ3) is 2.84. The average Bonchev–Trinajstić information content (AvgIpc) is 3.70. The lowest BCUT2D eigenvalue weighted by molar-refractivity contribution is 0.820. The Morgan fingerprint density at radius 2 is 1.47 bits per heavy atom. The quantitative estimate of drug-likeness (QED) is 0.226. The zero-order chi connectivity index (χ0) is 23.6. The number of aromatic amines is 2. The highest BCUT2D eigenvalue weighted by Gasteiger charge is 2.33. The number of aromatic nitrogens is 5. The molecule has 6 aromatic rings. The van der Waals surface area contributed by atoms with Crippen LogP contribution in [0.2, 0.25) is 0 Å². The molecule has 0 saturated carbocycles. The molecule has 1 atom stereocenters. The van der Waals surface area contributed by atoms with Crippen LogP contribution in [0.3, 0.4) is 0 Å². The summed E-state index contributed by atoms with van der Waals surface area (Å²) in [5.41, 5.74) is 11.4. The van der Waals surface area contributed by atoms with E-state index in [1.165, 1.54) is 11.3 Å². The van der Waals surface area contributed by atoms with Crippen molar-refractivity contribution in [2.75, 3.05) is 16.0 Å². The number of fused-ring (bicyclic) bond motifs is 4. The molecule has 4 aromatic carbocycles. The first-order valence-corrected chi connectivity index (χ1v) is 12.1. The van der Waals surface area contributed by atoms with E-state index < -0.39 is 0 Å². The number of imidazole rings is 1. The molecule has 0 fully saturated rings. The third-order valence-electron chi connectivity index (χ3n) is 7.27. The molecule has 0 spiro atoms. The van der Waals surface area contributed by atoms with Gasteiger partial charge in [-0.1, -0.05) is 42.5 Å². The second kappa shape index (κ2) is 7.32. The number of nitrogens with one attached hydrogen (secondary N) is 5. The van der Waals surface area contributed by atoms with Crippen molar-refractivity contribution in [3.8, 4) is 11.4 Å². The Bertz CT molecular complexity index is 1700. The Kier molecular flexibility index (Phi) is 3.96. The molecule has 0 aliphatic carbocycles. The highest BCUT2D eigenvalue weighted by Crippen LogP contribution is 2.45. The molecule has 1 unspecified atom stereocenters. The van der Waals surface area contributed by atoms with E-state index in [1.54, 1.807) is 0 Å². The second-order valence-corrected chi connectivity index (χ2v) is 9.37. The van der Waals surface area contributed by atoms with Gasteiger partial charge >= 0.3 is 0 Å². The average molecular weight is 471 g/mol. The van der Waals surface area contributed by atoms with Gasteiger partial charge in [0.25, 0.3) is 0 Å². The Balaban J connectivity index is 1.38. The maximum atomic E-state index is 5.04. The van der Waals surface area contributed by atoms with Gasteiger partial charge in [-0.2, -0.15) is 15.4 Å². The standard InChI is InChI=1S/C28H22N8/c1-2-8-17-15(7-1)13-22(29-17)16-14-23-26(35-36-34-23)25(28-32-20-11-5-6-12-21(20)33-28)24(16)27-30-18-9-3-4-10-19(18)31-27/h1-12,14,22,28-29,32-33H,13H2,(H,30,31)(H,34,35,36). The first-order chi connectivity index (χ1) is 17.8. The zero-order valence-electron chi connectivity index (χ0n) is 19.2. The van der Waals surface area contributed by atoms with E-state index in [-0.39, 0.29) is 12.2 Å². The number of hydrogen-bond donors (Lipinski definition) is 5. The smallest absolute Gasteiger partial charge is 0.139 e. The third-order valence-corrected chi connectivity index (χ3v) is 7.27. The lowest BCUT2D eigenvalue weighted by atomic mass is 9.91. The van der Waals surface area contributed by atoms with Crippen LogP contribution < -0.4 is 16.0 Å². The van der Waals surface area contributed by atoms with Crippen molar-refractivity contribution in [1.29, 1.82) is 0 Å². The number of H-pyrrole nitrogens is 2. The number of anilines is 3. The lowest BCUT2D eigenvalue weighted by Crippen LogP contribution is -2.17. The molecule has 0 radical (unpaired) electrons. The fourth-order valence-electron chi connectivity index (χ4n) is 5.63.